The summed E-state index contributed by atoms with van der Waals surface area (Å²) in [6, 6.07) is 26.2. The Bertz CT molecular complexity index is 1030. The maximum atomic E-state index is 6.08. The predicted octanol–water partition coefficient (Wildman–Crippen LogP) is 6.44. The van der Waals surface area contributed by atoms with Gasteiger partial charge in [0.2, 0.25) is 0 Å². The molecule has 2 aromatic carbocycles. The van der Waals surface area contributed by atoms with E-state index < -0.39 is 0 Å². The van der Waals surface area contributed by atoms with Gasteiger partial charge in [-0.1, -0.05) is 60.1 Å². The van der Waals surface area contributed by atoms with Gasteiger partial charge in [0.1, 0.15) is 0 Å². The van der Waals surface area contributed by atoms with Crippen molar-refractivity contribution in [2.75, 3.05) is 0 Å². The van der Waals surface area contributed by atoms with E-state index in [2.05, 4.69) is 35.3 Å². The van der Waals surface area contributed by atoms with E-state index in [1.807, 2.05) is 61.7 Å². The number of benzene rings is 2. The molecule has 0 N–H and O–H groups in total. The van der Waals surface area contributed by atoms with E-state index in [9.17, 15) is 0 Å². The van der Waals surface area contributed by atoms with Crippen molar-refractivity contribution in [1.82, 2.24) is 9.97 Å². The minimum absolute atomic E-state index is 0.712. The third kappa shape index (κ3) is 3.24. The summed E-state index contributed by atoms with van der Waals surface area (Å²) in [7, 11) is 0. The molecule has 0 atom stereocenters. The quantitative estimate of drug-likeness (QED) is 0.422. The highest BCUT2D eigenvalue weighted by atomic mass is 35.5. The van der Waals surface area contributed by atoms with Gasteiger partial charge in [0, 0.05) is 28.0 Å². The van der Waals surface area contributed by atoms with Crippen LogP contribution in [-0.4, -0.2) is 9.97 Å². The molecule has 0 saturated heterocycles. The normalized spacial score (nSPS) is 10.7. The molecule has 0 unspecified atom stereocenters. The van der Waals surface area contributed by atoms with Crippen molar-refractivity contribution < 1.29 is 0 Å². The summed E-state index contributed by atoms with van der Waals surface area (Å²) < 4.78 is 0. The van der Waals surface area contributed by atoms with Gasteiger partial charge in [-0.3, -0.25) is 9.97 Å². The van der Waals surface area contributed by atoms with E-state index in [1.54, 1.807) is 0 Å². The fourth-order valence-corrected chi connectivity index (χ4v) is 3.23. The second kappa shape index (κ2) is 7.11. The summed E-state index contributed by atoms with van der Waals surface area (Å²) in [5.74, 6) is 0. The molecule has 0 fully saturated rings. The summed E-state index contributed by atoms with van der Waals surface area (Å²) >= 11 is 6.08. The number of halogens is 1. The molecule has 2 heterocycles. The van der Waals surface area contributed by atoms with Crippen molar-refractivity contribution in [2.45, 2.75) is 6.92 Å². The van der Waals surface area contributed by atoms with Gasteiger partial charge >= 0.3 is 0 Å². The number of hydrogen-bond donors (Lipinski definition) is 0. The highest BCUT2D eigenvalue weighted by Crippen LogP contribution is 2.38. The number of nitrogens with zero attached hydrogens (tertiary/aromatic N) is 2. The molecule has 4 aromatic rings. The summed E-state index contributed by atoms with van der Waals surface area (Å²) in [6.45, 7) is 2.02. The average Bonchev–Trinajstić information content (AvgIpc) is 2.69. The molecule has 0 aliphatic heterocycles. The van der Waals surface area contributed by atoms with Crippen LogP contribution < -0.4 is 0 Å². The van der Waals surface area contributed by atoms with Gasteiger partial charge in [0.25, 0.3) is 0 Å². The maximum Gasteiger partial charge on any atom is 0.0805 e. The molecule has 0 amide bonds. The average molecular weight is 357 g/mol. The molecule has 26 heavy (non-hydrogen) atoms. The molecular weight excluding hydrogens is 340 g/mol. The van der Waals surface area contributed by atoms with Gasteiger partial charge in [-0.2, -0.15) is 0 Å². The standard InChI is InChI=1S/C23H17ClN2/c1-16-15-20(17-7-3-2-4-8-17)22(21-9-5-6-14-25-21)23(26-16)18-10-12-19(24)13-11-18/h2-15H,1H3. The second-order valence-corrected chi connectivity index (χ2v) is 6.56. The SMILES string of the molecule is Cc1cc(-c2ccccc2)c(-c2ccccn2)c(-c2ccc(Cl)cc2)n1. The maximum absolute atomic E-state index is 6.08. The molecule has 0 bridgehead atoms. The van der Waals surface area contributed by atoms with Crippen molar-refractivity contribution in [3.05, 3.63) is 95.8 Å². The summed E-state index contributed by atoms with van der Waals surface area (Å²) in [4.78, 5) is 9.45. The minimum Gasteiger partial charge on any atom is -0.256 e. The first-order chi connectivity index (χ1) is 12.7. The Morgan fingerprint density at radius 2 is 1.50 bits per heavy atom. The first-order valence-electron chi connectivity index (χ1n) is 8.47. The third-order valence-electron chi connectivity index (χ3n) is 4.27. The first kappa shape index (κ1) is 16.5. The topological polar surface area (TPSA) is 25.8 Å². The Balaban J connectivity index is 2.05. The number of aryl methyl sites for hydroxylation is 1. The van der Waals surface area contributed by atoms with E-state index in [0.29, 0.717) is 5.02 Å². The van der Waals surface area contributed by atoms with E-state index in [4.69, 9.17) is 16.6 Å². The summed E-state index contributed by atoms with van der Waals surface area (Å²) in [5, 5.41) is 0.712. The largest absolute Gasteiger partial charge is 0.256 e. The third-order valence-corrected chi connectivity index (χ3v) is 4.52. The molecule has 0 saturated carbocycles. The molecular formula is C23H17ClN2. The van der Waals surface area contributed by atoms with Crippen LogP contribution in [0.3, 0.4) is 0 Å². The highest BCUT2D eigenvalue weighted by Gasteiger charge is 2.17. The lowest BCUT2D eigenvalue weighted by Gasteiger charge is -2.16. The zero-order valence-corrected chi connectivity index (χ0v) is 15.1. The fraction of sp³-hybridized carbons (Fsp3) is 0.0435. The van der Waals surface area contributed by atoms with Crippen molar-refractivity contribution in [3.63, 3.8) is 0 Å². The smallest absolute Gasteiger partial charge is 0.0805 e. The molecule has 126 valence electrons. The Hall–Kier alpha value is -2.97. The zero-order chi connectivity index (χ0) is 17.9. The van der Waals surface area contributed by atoms with Crippen LogP contribution in [0.25, 0.3) is 33.6 Å². The molecule has 2 nitrogen and oxygen atoms in total. The van der Waals surface area contributed by atoms with Crippen LogP contribution in [0.5, 0.6) is 0 Å². The predicted molar refractivity (Wildman–Crippen MR) is 108 cm³/mol. The fourth-order valence-electron chi connectivity index (χ4n) is 3.11. The molecule has 0 aliphatic carbocycles. The van der Waals surface area contributed by atoms with Crippen LogP contribution >= 0.6 is 11.6 Å². The van der Waals surface area contributed by atoms with Gasteiger partial charge in [0.05, 0.1) is 11.4 Å². The van der Waals surface area contributed by atoms with E-state index in [-0.39, 0.29) is 0 Å². The Morgan fingerprint density at radius 1 is 0.769 bits per heavy atom. The van der Waals surface area contributed by atoms with Gasteiger partial charge in [-0.15, -0.1) is 0 Å². The van der Waals surface area contributed by atoms with Crippen LogP contribution in [0.2, 0.25) is 5.02 Å². The Kier molecular flexibility index (Phi) is 4.51. The highest BCUT2D eigenvalue weighted by molar-refractivity contribution is 6.30. The summed E-state index contributed by atoms with van der Waals surface area (Å²) in [6.07, 6.45) is 1.82. The van der Waals surface area contributed by atoms with E-state index >= 15 is 0 Å². The van der Waals surface area contributed by atoms with Crippen LogP contribution in [-0.2, 0) is 0 Å². The molecule has 4 rings (SSSR count). The van der Waals surface area contributed by atoms with Crippen LogP contribution in [0, 0.1) is 6.92 Å². The molecule has 0 radical (unpaired) electrons. The van der Waals surface area contributed by atoms with Gasteiger partial charge < -0.3 is 0 Å². The van der Waals surface area contributed by atoms with Gasteiger partial charge in [-0.25, -0.2) is 0 Å². The zero-order valence-electron chi connectivity index (χ0n) is 14.4. The first-order valence-corrected chi connectivity index (χ1v) is 8.84. The molecule has 2 aromatic heterocycles. The Labute approximate surface area is 158 Å². The molecule has 3 heteroatoms. The lowest BCUT2D eigenvalue weighted by molar-refractivity contribution is 1.20. The molecule has 0 spiro atoms. The number of hydrogen-bond acceptors (Lipinski definition) is 2. The van der Waals surface area contributed by atoms with Gasteiger partial charge in [0.15, 0.2) is 0 Å². The van der Waals surface area contributed by atoms with Crippen molar-refractivity contribution in [1.29, 1.82) is 0 Å². The second-order valence-electron chi connectivity index (χ2n) is 6.12. The number of pyridine rings is 2. The lowest BCUT2D eigenvalue weighted by atomic mass is 9.93. The Morgan fingerprint density at radius 3 is 2.19 bits per heavy atom. The minimum atomic E-state index is 0.712. The van der Waals surface area contributed by atoms with Crippen LogP contribution in [0.4, 0.5) is 0 Å². The van der Waals surface area contributed by atoms with Crippen LogP contribution in [0.15, 0.2) is 85.1 Å². The van der Waals surface area contributed by atoms with E-state index in [1.165, 1.54) is 0 Å². The monoisotopic (exact) mass is 356 g/mol. The number of aromatic nitrogens is 2. The summed E-state index contributed by atoms with van der Waals surface area (Å²) in [5.41, 5.74) is 7.12. The number of rotatable bonds is 3. The van der Waals surface area contributed by atoms with Crippen molar-refractivity contribution in [3.8, 4) is 33.6 Å². The van der Waals surface area contributed by atoms with Crippen LogP contribution in [0.1, 0.15) is 5.69 Å². The van der Waals surface area contributed by atoms with E-state index in [0.717, 1.165) is 39.3 Å². The lowest BCUT2D eigenvalue weighted by Crippen LogP contribution is -1.97. The van der Waals surface area contributed by atoms with Crippen molar-refractivity contribution in [2.24, 2.45) is 0 Å². The molecule has 0 aliphatic rings. The van der Waals surface area contributed by atoms with Crippen molar-refractivity contribution >= 4 is 11.6 Å². The van der Waals surface area contributed by atoms with Gasteiger partial charge in [-0.05, 0) is 48.4 Å².